The molecule has 0 amide bonds. The third kappa shape index (κ3) is 5.44. The zero-order valence-electron chi connectivity index (χ0n) is 17.0. The van der Waals surface area contributed by atoms with Crippen LogP contribution in [0.25, 0.3) is 10.8 Å². The highest BCUT2D eigenvalue weighted by atomic mass is 32.2. The molecule has 3 rings (SSSR count). The van der Waals surface area contributed by atoms with E-state index in [-0.39, 0.29) is 0 Å². The van der Waals surface area contributed by atoms with Crippen LogP contribution in [0.5, 0.6) is 5.75 Å². The number of rotatable bonds is 6. The van der Waals surface area contributed by atoms with Crippen molar-refractivity contribution in [1.29, 1.82) is 0 Å². The van der Waals surface area contributed by atoms with Crippen molar-refractivity contribution >= 4 is 68.3 Å². The van der Waals surface area contributed by atoms with Gasteiger partial charge in [0.1, 0.15) is 31.8 Å². The third-order valence-corrected chi connectivity index (χ3v) is 7.81. The van der Waals surface area contributed by atoms with Crippen molar-refractivity contribution in [3.63, 3.8) is 0 Å². The third-order valence-electron chi connectivity index (χ3n) is 4.42. The molecule has 0 aliphatic heterocycles. The van der Waals surface area contributed by atoms with Gasteiger partial charge in [0.05, 0.1) is 16.6 Å². The van der Waals surface area contributed by atoms with E-state index in [1.807, 2.05) is 6.07 Å². The molecule has 0 spiro atoms. The molecule has 3 aromatic rings. The Morgan fingerprint density at radius 2 is 1.31 bits per heavy atom. The second kappa shape index (κ2) is 8.70. The first-order chi connectivity index (χ1) is 16.2. The summed E-state index contributed by atoms with van der Waals surface area (Å²) in [6.45, 7) is 0. The van der Waals surface area contributed by atoms with Crippen LogP contribution in [0.4, 0.5) is 17.1 Å². The SMILES string of the molecule is Nc1c(N=Nc2cc(S(=O)(=O)O)ccc2S(=O)(=O)O)c(S(=O)(=O)O)cc2cc(S(=O)(=O)O)[c]c(O)c12. The number of nitrogens with zero attached hydrogens (tertiary/aromatic N) is 2. The Balaban J connectivity index is 2.41. The van der Waals surface area contributed by atoms with E-state index < -0.39 is 93.6 Å². The van der Waals surface area contributed by atoms with Gasteiger partial charge in [-0.15, -0.1) is 10.2 Å². The Morgan fingerprint density at radius 3 is 1.81 bits per heavy atom. The standard InChI is InChI=1S/C16H12N3O13S4/c17-15-14-7(3-9(6-11(14)20)34(24,25)26)4-13(36(30,31)32)16(15)19-18-10-5-8(33(21,22)23)1-2-12(10)35(27,28)29/h1-5,20H,17H2,(H,21,22,23)(H,24,25,26)(H,27,28,29)(H,30,31,32). The smallest absolute Gasteiger partial charge is 0.296 e. The van der Waals surface area contributed by atoms with E-state index in [1.165, 1.54) is 0 Å². The molecule has 0 heterocycles. The molecular weight excluding hydrogens is 570 g/mol. The van der Waals surface area contributed by atoms with Crippen LogP contribution in [0.2, 0.25) is 0 Å². The Bertz CT molecular complexity index is 1900. The van der Waals surface area contributed by atoms with Crippen molar-refractivity contribution in [2.24, 2.45) is 10.2 Å². The summed E-state index contributed by atoms with van der Waals surface area (Å²) in [5.74, 6) is -1.01. The van der Waals surface area contributed by atoms with Gasteiger partial charge in [-0.3, -0.25) is 18.2 Å². The van der Waals surface area contributed by atoms with Gasteiger partial charge in [0.15, 0.2) is 0 Å². The summed E-state index contributed by atoms with van der Waals surface area (Å²) in [6, 6.07) is 4.72. The number of azo groups is 1. The molecule has 0 aliphatic carbocycles. The first-order valence-electron chi connectivity index (χ1n) is 8.68. The van der Waals surface area contributed by atoms with E-state index in [9.17, 15) is 57.0 Å². The van der Waals surface area contributed by atoms with Crippen molar-refractivity contribution in [2.75, 3.05) is 5.73 Å². The van der Waals surface area contributed by atoms with Crippen molar-refractivity contribution in [3.8, 4) is 5.75 Å². The molecule has 0 saturated heterocycles. The minimum atomic E-state index is -5.22. The molecule has 0 aromatic heterocycles. The van der Waals surface area contributed by atoms with E-state index in [4.69, 9.17) is 5.73 Å². The van der Waals surface area contributed by atoms with Gasteiger partial charge in [-0.2, -0.15) is 33.7 Å². The number of nitrogen functional groups attached to an aromatic ring is 1. The number of benzene rings is 3. The normalized spacial score (nSPS) is 13.4. The van der Waals surface area contributed by atoms with Gasteiger partial charge in [-0.05, 0) is 35.7 Å². The number of fused-ring (bicyclic) bond motifs is 1. The quantitative estimate of drug-likeness (QED) is 0.136. The number of anilines is 1. The fraction of sp³-hybridized carbons (Fsp3) is 0. The van der Waals surface area contributed by atoms with Crippen LogP contribution < -0.4 is 5.73 Å². The molecule has 3 aromatic carbocycles. The van der Waals surface area contributed by atoms with Crippen LogP contribution in [0, 0.1) is 6.07 Å². The second-order valence-corrected chi connectivity index (χ2v) is 12.4. The molecule has 193 valence electrons. The summed E-state index contributed by atoms with van der Waals surface area (Å²) in [7, 11) is -20.1. The predicted octanol–water partition coefficient (Wildman–Crippen LogP) is 1.33. The molecule has 36 heavy (non-hydrogen) atoms. The Morgan fingerprint density at radius 1 is 0.722 bits per heavy atom. The number of aromatic hydroxyl groups is 1. The Hall–Kier alpha value is -3.24. The van der Waals surface area contributed by atoms with Gasteiger partial charge in [-0.25, -0.2) is 0 Å². The maximum Gasteiger partial charge on any atom is 0.296 e. The summed E-state index contributed by atoms with van der Waals surface area (Å²) < 4.78 is 130. The summed E-state index contributed by atoms with van der Waals surface area (Å²) in [5, 5.41) is 16.0. The van der Waals surface area contributed by atoms with E-state index in [2.05, 4.69) is 10.2 Å². The monoisotopic (exact) mass is 582 g/mol. The highest BCUT2D eigenvalue weighted by Crippen LogP contribution is 2.43. The largest absolute Gasteiger partial charge is 0.507 e. The predicted molar refractivity (Wildman–Crippen MR) is 119 cm³/mol. The molecule has 0 bridgehead atoms. The topological polar surface area (TPSA) is 288 Å². The zero-order valence-corrected chi connectivity index (χ0v) is 20.3. The van der Waals surface area contributed by atoms with E-state index in [0.717, 1.165) is 0 Å². The molecule has 0 fully saturated rings. The molecule has 0 unspecified atom stereocenters. The minimum absolute atomic E-state index is 0.435. The average Bonchev–Trinajstić information content (AvgIpc) is 2.69. The molecule has 0 aliphatic rings. The lowest BCUT2D eigenvalue weighted by Gasteiger charge is -2.12. The van der Waals surface area contributed by atoms with Crippen molar-refractivity contribution in [1.82, 2.24) is 0 Å². The first kappa shape index (κ1) is 27.3. The van der Waals surface area contributed by atoms with Gasteiger partial charge < -0.3 is 10.8 Å². The molecule has 7 N–H and O–H groups in total. The summed E-state index contributed by atoms with van der Waals surface area (Å²) in [4.78, 5) is -4.04. The molecular formula is C16H12N3O13S4. The van der Waals surface area contributed by atoms with Crippen molar-refractivity contribution < 1.29 is 57.0 Å². The summed E-state index contributed by atoms with van der Waals surface area (Å²) in [6.07, 6.45) is 0. The van der Waals surface area contributed by atoms with Gasteiger partial charge in [-0.1, -0.05) is 0 Å². The Kier molecular flexibility index (Phi) is 6.61. The van der Waals surface area contributed by atoms with Crippen molar-refractivity contribution in [2.45, 2.75) is 19.6 Å². The molecule has 16 nitrogen and oxygen atoms in total. The maximum absolute atomic E-state index is 12.0. The van der Waals surface area contributed by atoms with E-state index in [1.54, 1.807) is 0 Å². The summed E-state index contributed by atoms with van der Waals surface area (Å²) in [5.41, 5.74) is 3.21. The maximum atomic E-state index is 12.0. The highest BCUT2D eigenvalue weighted by Gasteiger charge is 2.25. The van der Waals surface area contributed by atoms with E-state index >= 15 is 0 Å². The van der Waals surface area contributed by atoms with Crippen LogP contribution in [0.1, 0.15) is 0 Å². The lowest BCUT2D eigenvalue weighted by atomic mass is 10.1. The van der Waals surface area contributed by atoms with Crippen LogP contribution in [-0.4, -0.2) is 57.0 Å². The zero-order chi connectivity index (χ0) is 27.4. The van der Waals surface area contributed by atoms with Crippen LogP contribution in [0.3, 0.4) is 0 Å². The Labute approximate surface area is 202 Å². The number of phenolic OH excluding ortho intramolecular Hbond substituents is 1. The number of hydrogen-bond donors (Lipinski definition) is 6. The minimum Gasteiger partial charge on any atom is -0.507 e. The van der Waals surface area contributed by atoms with Crippen LogP contribution in [-0.2, 0) is 40.5 Å². The number of phenols is 1. The molecule has 0 saturated carbocycles. The fourth-order valence-electron chi connectivity index (χ4n) is 2.92. The van der Waals surface area contributed by atoms with Crippen LogP contribution in [0.15, 0.2) is 60.1 Å². The van der Waals surface area contributed by atoms with Crippen LogP contribution >= 0.6 is 0 Å². The van der Waals surface area contributed by atoms with Gasteiger partial charge >= 0.3 is 0 Å². The van der Waals surface area contributed by atoms with Gasteiger partial charge in [0, 0.05) is 5.39 Å². The average molecular weight is 583 g/mol. The first-order valence-corrected chi connectivity index (χ1v) is 14.4. The van der Waals surface area contributed by atoms with Gasteiger partial charge in [0.2, 0.25) is 0 Å². The van der Waals surface area contributed by atoms with E-state index in [0.29, 0.717) is 30.3 Å². The highest BCUT2D eigenvalue weighted by molar-refractivity contribution is 7.86. The lowest BCUT2D eigenvalue weighted by Crippen LogP contribution is -2.04. The second-order valence-electron chi connectivity index (χ2n) is 6.81. The fourth-order valence-corrected chi connectivity index (χ4v) is 5.20. The summed E-state index contributed by atoms with van der Waals surface area (Å²) >= 11 is 0. The molecule has 20 heteroatoms. The lowest BCUT2D eigenvalue weighted by molar-refractivity contribution is 0.469. The molecule has 0 atom stereocenters. The van der Waals surface area contributed by atoms with Crippen molar-refractivity contribution in [3.05, 3.63) is 36.4 Å². The van der Waals surface area contributed by atoms with Gasteiger partial charge in [0.25, 0.3) is 40.5 Å². The molecule has 1 radical (unpaired) electrons. The number of hydrogen-bond acceptors (Lipinski definition) is 12. The number of nitrogens with two attached hydrogens (primary N) is 1.